The fraction of sp³-hybridized carbons (Fsp3) is 0.538. The van der Waals surface area contributed by atoms with E-state index in [1.54, 1.807) is 0 Å². The molecule has 0 spiro atoms. The lowest BCUT2D eigenvalue weighted by molar-refractivity contribution is 0.165. The summed E-state index contributed by atoms with van der Waals surface area (Å²) in [6, 6.07) is 5.48. The summed E-state index contributed by atoms with van der Waals surface area (Å²) in [5.41, 5.74) is 8.97. The highest BCUT2D eigenvalue weighted by Gasteiger charge is 2.14. The molecule has 0 bridgehead atoms. The second-order valence-electron chi connectivity index (χ2n) is 4.37. The van der Waals surface area contributed by atoms with Crippen molar-refractivity contribution in [3.8, 4) is 11.5 Å². The molecule has 19 heavy (non-hydrogen) atoms. The average Bonchev–Trinajstić information content (AvgIpc) is 2.67. The molecule has 1 aliphatic rings. The Balaban J connectivity index is 1.99. The van der Waals surface area contributed by atoms with Gasteiger partial charge in [0.15, 0.2) is 11.5 Å². The van der Waals surface area contributed by atoms with Crippen LogP contribution in [0.25, 0.3) is 10.4 Å². The van der Waals surface area contributed by atoms with Gasteiger partial charge in [0.25, 0.3) is 0 Å². The number of aliphatic hydroxyl groups excluding tert-OH is 1. The zero-order valence-electron chi connectivity index (χ0n) is 10.7. The van der Waals surface area contributed by atoms with E-state index in [0.29, 0.717) is 38.3 Å². The third kappa shape index (κ3) is 3.77. The Labute approximate surface area is 111 Å². The van der Waals surface area contributed by atoms with E-state index < -0.39 is 6.10 Å². The van der Waals surface area contributed by atoms with E-state index in [4.69, 9.17) is 15.0 Å². The number of benzene rings is 1. The normalized spacial score (nSPS) is 15.2. The lowest BCUT2D eigenvalue weighted by Gasteiger charge is -2.13. The third-order valence-corrected chi connectivity index (χ3v) is 2.96. The van der Waals surface area contributed by atoms with Gasteiger partial charge in [0.05, 0.1) is 19.3 Å². The Kier molecular flexibility index (Phi) is 4.89. The molecule has 6 nitrogen and oxygen atoms in total. The number of nitrogens with zero attached hydrogens (tertiary/aromatic N) is 3. The SMILES string of the molecule is [N-]=[N+]=NCCCC(O)c1ccc2c(c1)OCCCO2. The van der Waals surface area contributed by atoms with Crippen LogP contribution in [0.3, 0.4) is 0 Å². The molecule has 1 aliphatic heterocycles. The molecule has 0 saturated heterocycles. The fourth-order valence-corrected chi connectivity index (χ4v) is 1.95. The Morgan fingerprint density at radius 2 is 2.11 bits per heavy atom. The predicted molar refractivity (Wildman–Crippen MR) is 70.3 cm³/mol. The molecule has 1 atom stereocenters. The number of ether oxygens (including phenoxy) is 2. The molecule has 0 aliphatic carbocycles. The van der Waals surface area contributed by atoms with Gasteiger partial charge in [-0.2, -0.15) is 0 Å². The standard InChI is InChI=1S/C13H17N3O3/c14-16-15-6-1-3-11(17)10-4-5-12-13(9-10)19-8-2-7-18-12/h4-5,9,11,17H,1-3,6-8H2. The second kappa shape index (κ2) is 6.87. The molecule has 1 unspecified atom stereocenters. The van der Waals surface area contributed by atoms with Crippen LogP contribution in [0.2, 0.25) is 0 Å². The van der Waals surface area contributed by atoms with E-state index in [2.05, 4.69) is 10.0 Å². The first-order valence-corrected chi connectivity index (χ1v) is 6.39. The first kappa shape index (κ1) is 13.5. The molecule has 0 saturated carbocycles. The summed E-state index contributed by atoms with van der Waals surface area (Å²) in [4.78, 5) is 2.68. The first-order chi connectivity index (χ1) is 9.31. The number of hydrogen-bond acceptors (Lipinski definition) is 4. The molecular weight excluding hydrogens is 246 g/mol. The highest BCUT2D eigenvalue weighted by Crippen LogP contribution is 2.33. The monoisotopic (exact) mass is 263 g/mol. The number of aliphatic hydroxyl groups is 1. The van der Waals surface area contributed by atoms with Crippen molar-refractivity contribution >= 4 is 0 Å². The maximum absolute atomic E-state index is 10.1. The van der Waals surface area contributed by atoms with Gasteiger partial charge in [0.2, 0.25) is 0 Å². The van der Waals surface area contributed by atoms with Crippen molar-refractivity contribution in [2.24, 2.45) is 5.11 Å². The van der Waals surface area contributed by atoms with Crippen LogP contribution in [0.1, 0.15) is 30.9 Å². The van der Waals surface area contributed by atoms with Gasteiger partial charge in [-0.05, 0) is 36.1 Å². The average molecular weight is 263 g/mol. The van der Waals surface area contributed by atoms with Gasteiger partial charge in [-0.1, -0.05) is 11.2 Å². The van der Waals surface area contributed by atoms with E-state index >= 15 is 0 Å². The van der Waals surface area contributed by atoms with Crippen molar-refractivity contribution in [1.82, 2.24) is 0 Å². The van der Waals surface area contributed by atoms with Crippen molar-refractivity contribution in [2.45, 2.75) is 25.4 Å². The van der Waals surface area contributed by atoms with Gasteiger partial charge in [0, 0.05) is 17.9 Å². The summed E-state index contributed by atoms with van der Waals surface area (Å²) < 4.78 is 11.1. The zero-order chi connectivity index (χ0) is 13.5. The Bertz CT molecular complexity index is 472. The van der Waals surface area contributed by atoms with Crippen molar-refractivity contribution < 1.29 is 14.6 Å². The topological polar surface area (TPSA) is 87.5 Å². The fourth-order valence-electron chi connectivity index (χ4n) is 1.95. The van der Waals surface area contributed by atoms with Crippen LogP contribution in [0.15, 0.2) is 23.3 Å². The largest absolute Gasteiger partial charge is 0.490 e. The number of fused-ring (bicyclic) bond motifs is 1. The van der Waals surface area contributed by atoms with E-state index in [0.717, 1.165) is 17.7 Å². The van der Waals surface area contributed by atoms with Gasteiger partial charge >= 0.3 is 0 Å². The maximum Gasteiger partial charge on any atom is 0.161 e. The molecule has 102 valence electrons. The van der Waals surface area contributed by atoms with Crippen LogP contribution in [-0.2, 0) is 0 Å². The maximum atomic E-state index is 10.1. The smallest absolute Gasteiger partial charge is 0.161 e. The Hall–Kier alpha value is -1.91. The van der Waals surface area contributed by atoms with E-state index in [9.17, 15) is 5.11 Å². The van der Waals surface area contributed by atoms with E-state index in [-0.39, 0.29) is 0 Å². The van der Waals surface area contributed by atoms with Crippen LogP contribution in [0.5, 0.6) is 11.5 Å². The zero-order valence-corrected chi connectivity index (χ0v) is 10.7. The predicted octanol–water partition coefficient (Wildman–Crippen LogP) is 2.97. The molecule has 0 fully saturated rings. The molecule has 6 heteroatoms. The highest BCUT2D eigenvalue weighted by atomic mass is 16.5. The molecule has 1 N–H and O–H groups in total. The molecular formula is C13H17N3O3. The molecule has 1 aromatic carbocycles. The minimum absolute atomic E-state index is 0.401. The van der Waals surface area contributed by atoms with Gasteiger partial charge in [-0.25, -0.2) is 0 Å². The molecule has 0 amide bonds. The van der Waals surface area contributed by atoms with Gasteiger partial charge in [0.1, 0.15) is 0 Å². The minimum Gasteiger partial charge on any atom is -0.490 e. The van der Waals surface area contributed by atoms with Crippen LogP contribution >= 0.6 is 0 Å². The molecule has 0 radical (unpaired) electrons. The van der Waals surface area contributed by atoms with Crippen molar-refractivity contribution in [3.63, 3.8) is 0 Å². The second-order valence-corrected chi connectivity index (χ2v) is 4.37. The summed E-state index contributed by atoms with van der Waals surface area (Å²) in [6.45, 7) is 1.68. The van der Waals surface area contributed by atoms with Gasteiger partial charge in [-0.3, -0.25) is 0 Å². The summed E-state index contributed by atoms with van der Waals surface area (Å²) >= 11 is 0. The molecule has 1 aromatic rings. The van der Waals surface area contributed by atoms with Crippen LogP contribution < -0.4 is 9.47 Å². The van der Waals surface area contributed by atoms with E-state index in [1.165, 1.54) is 0 Å². The van der Waals surface area contributed by atoms with Crippen LogP contribution in [-0.4, -0.2) is 24.9 Å². The summed E-state index contributed by atoms with van der Waals surface area (Å²) in [5, 5.41) is 13.5. The van der Waals surface area contributed by atoms with Gasteiger partial charge in [-0.15, -0.1) is 0 Å². The summed E-state index contributed by atoms with van der Waals surface area (Å²) in [6.07, 6.45) is 1.49. The van der Waals surface area contributed by atoms with E-state index in [1.807, 2.05) is 18.2 Å². The van der Waals surface area contributed by atoms with Crippen LogP contribution in [0.4, 0.5) is 0 Å². The number of azide groups is 1. The Morgan fingerprint density at radius 1 is 1.32 bits per heavy atom. The first-order valence-electron chi connectivity index (χ1n) is 6.39. The third-order valence-electron chi connectivity index (χ3n) is 2.96. The van der Waals surface area contributed by atoms with Crippen LogP contribution in [0, 0.1) is 0 Å². The summed E-state index contributed by atoms with van der Waals surface area (Å²) in [7, 11) is 0. The molecule has 1 heterocycles. The summed E-state index contributed by atoms with van der Waals surface area (Å²) in [5.74, 6) is 1.41. The van der Waals surface area contributed by atoms with Crippen molar-refractivity contribution in [1.29, 1.82) is 0 Å². The Morgan fingerprint density at radius 3 is 2.89 bits per heavy atom. The lowest BCUT2D eigenvalue weighted by Crippen LogP contribution is -2.00. The van der Waals surface area contributed by atoms with Gasteiger partial charge < -0.3 is 14.6 Å². The number of hydrogen-bond donors (Lipinski definition) is 1. The molecule has 0 aromatic heterocycles. The number of rotatable bonds is 5. The highest BCUT2D eigenvalue weighted by molar-refractivity contribution is 5.44. The quantitative estimate of drug-likeness (QED) is 0.383. The molecule has 2 rings (SSSR count). The lowest BCUT2D eigenvalue weighted by atomic mass is 10.0. The van der Waals surface area contributed by atoms with Crippen molar-refractivity contribution in [3.05, 3.63) is 34.2 Å². The minimum atomic E-state index is -0.578. The van der Waals surface area contributed by atoms with Crippen molar-refractivity contribution in [2.75, 3.05) is 19.8 Å².